The molecule has 2 heterocycles. The van der Waals surface area contributed by atoms with Crippen molar-refractivity contribution in [1.29, 1.82) is 0 Å². The maximum absolute atomic E-state index is 12.5. The van der Waals surface area contributed by atoms with E-state index in [0.29, 0.717) is 24.7 Å². The summed E-state index contributed by atoms with van der Waals surface area (Å²) in [4.78, 5) is 33.2. The third-order valence-electron chi connectivity index (χ3n) is 5.39. The zero-order valence-electron chi connectivity index (χ0n) is 15.2. The highest BCUT2D eigenvalue weighted by Gasteiger charge is 2.29. The first-order valence-electron chi connectivity index (χ1n) is 9.31. The minimum absolute atomic E-state index is 0.0233. The second-order valence-corrected chi connectivity index (χ2v) is 7.18. The quantitative estimate of drug-likeness (QED) is 0.901. The number of carbonyl (C=O) groups excluding carboxylic acids is 2. The molecule has 6 nitrogen and oxygen atoms in total. The fourth-order valence-electron chi connectivity index (χ4n) is 3.65. The third-order valence-corrected chi connectivity index (χ3v) is 5.39. The van der Waals surface area contributed by atoms with E-state index in [9.17, 15) is 9.59 Å². The molecule has 1 aromatic heterocycles. The van der Waals surface area contributed by atoms with Crippen molar-refractivity contribution < 1.29 is 9.59 Å². The fourth-order valence-corrected chi connectivity index (χ4v) is 3.65. The smallest absolute Gasteiger partial charge is 0.255 e. The van der Waals surface area contributed by atoms with Gasteiger partial charge < -0.3 is 10.2 Å². The van der Waals surface area contributed by atoms with Crippen molar-refractivity contribution in [2.24, 2.45) is 0 Å². The van der Waals surface area contributed by atoms with Crippen LogP contribution < -0.4 is 5.32 Å². The maximum atomic E-state index is 12.5. The third kappa shape index (κ3) is 4.37. The lowest BCUT2D eigenvalue weighted by Gasteiger charge is -2.37. The van der Waals surface area contributed by atoms with Gasteiger partial charge in [0, 0.05) is 44.1 Å². The fraction of sp³-hybridized carbons (Fsp3) is 0.632. The van der Waals surface area contributed by atoms with Crippen LogP contribution in [0.3, 0.4) is 0 Å². The van der Waals surface area contributed by atoms with E-state index in [1.165, 1.54) is 12.8 Å². The van der Waals surface area contributed by atoms with Crippen LogP contribution in [0, 0.1) is 6.92 Å². The SMILES string of the molecule is Cc1ccc(C(=O)N2CCN([C@@H](C)C(=O)NC3CCCC3)CC2)cn1. The molecule has 0 unspecified atom stereocenters. The zero-order chi connectivity index (χ0) is 17.8. The predicted molar refractivity (Wildman–Crippen MR) is 96.3 cm³/mol. The summed E-state index contributed by atoms with van der Waals surface area (Å²) in [5.74, 6) is 0.143. The standard InChI is InChI=1S/C19H28N4O2/c1-14-7-8-16(13-20-14)19(25)23-11-9-22(10-12-23)15(2)18(24)21-17-5-3-4-6-17/h7-8,13,15,17H,3-6,9-12H2,1-2H3,(H,21,24)/t15-/m0/s1. The average molecular weight is 344 g/mol. The Balaban J connectivity index is 1.49. The van der Waals surface area contributed by atoms with E-state index in [-0.39, 0.29) is 17.9 Å². The van der Waals surface area contributed by atoms with E-state index in [2.05, 4.69) is 15.2 Å². The summed E-state index contributed by atoms with van der Waals surface area (Å²) in [6, 6.07) is 3.90. The van der Waals surface area contributed by atoms with Crippen LogP contribution in [0.1, 0.15) is 48.7 Å². The lowest BCUT2D eigenvalue weighted by Crippen LogP contribution is -2.55. The first kappa shape index (κ1) is 17.9. The molecule has 1 aromatic rings. The van der Waals surface area contributed by atoms with Gasteiger partial charge in [0.2, 0.25) is 5.91 Å². The molecule has 1 saturated heterocycles. The van der Waals surface area contributed by atoms with Gasteiger partial charge in [0.1, 0.15) is 0 Å². The minimum Gasteiger partial charge on any atom is -0.352 e. The summed E-state index contributed by atoms with van der Waals surface area (Å²) in [5, 5.41) is 3.17. The Morgan fingerprint density at radius 1 is 1.16 bits per heavy atom. The first-order valence-corrected chi connectivity index (χ1v) is 9.31. The van der Waals surface area contributed by atoms with Gasteiger partial charge in [0.15, 0.2) is 0 Å². The van der Waals surface area contributed by atoms with Gasteiger partial charge in [-0.1, -0.05) is 12.8 Å². The molecule has 6 heteroatoms. The summed E-state index contributed by atoms with van der Waals surface area (Å²) in [7, 11) is 0. The number of rotatable bonds is 4. The van der Waals surface area contributed by atoms with Crippen LogP contribution in [0.5, 0.6) is 0 Å². The molecule has 0 radical (unpaired) electrons. The lowest BCUT2D eigenvalue weighted by molar-refractivity contribution is -0.127. The van der Waals surface area contributed by atoms with E-state index in [1.807, 2.05) is 30.9 Å². The maximum Gasteiger partial charge on any atom is 0.255 e. The van der Waals surface area contributed by atoms with Crippen molar-refractivity contribution in [3.63, 3.8) is 0 Å². The number of piperazine rings is 1. The van der Waals surface area contributed by atoms with Crippen molar-refractivity contribution in [3.05, 3.63) is 29.6 Å². The van der Waals surface area contributed by atoms with Gasteiger partial charge in [0.05, 0.1) is 11.6 Å². The highest BCUT2D eigenvalue weighted by molar-refractivity contribution is 5.94. The number of hydrogen-bond acceptors (Lipinski definition) is 4. The van der Waals surface area contributed by atoms with E-state index >= 15 is 0 Å². The van der Waals surface area contributed by atoms with Gasteiger partial charge in [-0.3, -0.25) is 19.5 Å². The van der Waals surface area contributed by atoms with Crippen LogP contribution >= 0.6 is 0 Å². The Kier molecular flexibility index (Phi) is 5.68. The van der Waals surface area contributed by atoms with E-state index < -0.39 is 0 Å². The van der Waals surface area contributed by atoms with Crippen LogP contribution in [-0.4, -0.2) is 64.9 Å². The second kappa shape index (κ2) is 7.95. The predicted octanol–water partition coefficient (Wildman–Crippen LogP) is 1.60. The Bertz CT molecular complexity index is 602. The summed E-state index contributed by atoms with van der Waals surface area (Å²) in [6.07, 6.45) is 6.28. The highest BCUT2D eigenvalue weighted by Crippen LogP contribution is 2.18. The van der Waals surface area contributed by atoms with E-state index in [4.69, 9.17) is 0 Å². The van der Waals surface area contributed by atoms with Gasteiger partial charge in [-0.25, -0.2) is 0 Å². The number of aromatic nitrogens is 1. The molecule has 2 amide bonds. The number of pyridine rings is 1. The summed E-state index contributed by atoms with van der Waals surface area (Å²) in [6.45, 7) is 6.62. The van der Waals surface area contributed by atoms with Gasteiger partial charge >= 0.3 is 0 Å². The normalized spacial score (nSPS) is 20.5. The van der Waals surface area contributed by atoms with Crippen molar-refractivity contribution in [3.8, 4) is 0 Å². The number of amides is 2. The Labute approximate surface area is 149 Å². The molecule has 1 aliphatic heterocycles. The van der Waals surface area contributed by atoms with Crippen molar-refractivity contribution in [1.82, 2.24) is 20.1 Å². The monoisotopic (exact) mass is 344 g/mol. The molecular weight excluding hydrogens is 316 g/mol. The molecule has 1 N–H and O–H groups in total. The van der Waals surface area contributed by atoms with Crippen LogP contribution in [0.4, 0.5) is 0 Å². The van der Waals surface area contributed by atoms with Crippen LogP contribution in [0.2, 0.25) is 0 Å². The van der Waals surface area contributed by atoms with Crippen molar-refractivity contribution in [2.45, 2.75) is 51.6 Å². The average Bonchev–Trinajstić information content (AvgIpc) is 3.14. The zero-order valence-corrected chi connectivity index (χ0v) is 15.2. The molecule has 1 atom stereocenters. The van der Waals surface area contributed by atoms with E-state index in [1.54, 1.807) is 6.20 Å². The number of carbonyl (C=O) groups is 2. The van der Waals surface area contributed by atoms with Gasteiger partial charge in [0.25, 0.3) is 5.91 Å². The molecule has 0 spiro atoms. The Morgan fingerprint density at radius 2 is 1.84 bits per heavy atom. The van der Waals surface area contributed by atoms with Crippen LogP contribution in [0.15, 0.2) is 18.3 Å². The molecule has 2 aliphatic rings. The Hall–Kier alpha value is -1.95. The molecule has 0 aromatic carbocycles. The molecule has 0 bridgehead atoms. The number of nitrogens with one attached hydrogen (secondary N) is 1. The first-order chi connectivity index (χ1) is 12.0. The van der Waals surface area contributed by atoms with Crippen molar-refractivity contribution in [2.75, 3.05) is 26.2 Å². The van der Waals surface area contributed by atoms with E-state index in [0.717, 1.165) is 31.6 Å². The molecule has 2 fully saturated rings. The molecule has 1 aliphatic carbocycles. The van der Waals surface area contributed by atoms with Crippen LogP contribution in [-0.2, 0) is 4.79 Å². The Morgan fingerprint density at radius 3 is 2.44 bits per heavy atom. The summed E-state index contributed by atoms with van der Waals surface area (Å²) in [5.41, 5.74) is 1.54. The van der Waals surface area contributed by atoms with Gasteiger partial charge in [-0.15, -0.1) is 0 Å². The lowest BCUT2D eigenvalue weighted by atomic mass is 10.1. The number of hydrogen-bond donors (Lipinski definition) is 1. The molecular formula is C19H28N4O2. The van der Waals surface area contributed by atoms with Gasteiger partial charge in [-0.05, 0) is 38.8 Å². The topological polar surface area (TPSA) is 65.5 Å². The molecule has 136 valence electrons. The summed E-state index contributed by atoms with van der Waals surface area (Å²) < 4.78 is 0. The largest absolute Gasteiger partial charge is 0.352 e. The highest BCUT2D eigenvalue weighted by atomic mass is 16.2. The van der Waals surface area contributed by atoms with Gasteiger partial charge in [-0.2, -0.15) is 0 Å². The van der Waals surface area contributed by atoms with Crippen molar-refractivity contribution >= 4 is 11.8 Å². The molecule has 25 heavy (non-hydrogen) atoms. The molecule has 3 rings (SSSR count). The number of aryl methyl sites for hydroxylation is 1. The molecule has 1 saturated carbocycles. The number of nitrogens with zero attached hydrogens (tertiary/aromatic N) is 3. The minimum atomic E-state index is -0.140. The summed E-state index contributed by atoms with van der Waals surface area (Å²) >= 11 is 0. The van der Waals surface area contributed by atoms with Crippen LogP contribution in [0.25, 0.3) is 0 Å². The second-order valence-electron chi connectivity index (χ2n) is 7.18.